The fraction of sp³-hybridized carbons (Fsp3) is 0.215. The van der Waals surface area contributed by atoms with Crippen molar-refractivity contribution < 1.29 is 4.42 Å². The number of fused-ring (bicyclic) bond motifs is 12. The standard InChI is InChI=1S/C55H47N.C52H41NO/c1-54(2)47-18-9-7-17-45(47)53-50(54)20-12-22-52(53)56(42-26-23-38(24-27-42)37-13-4-3-5-14-37)51-21-11-8-15-43(51)39-25-28-49-46(34-39)44-16-6-10-19-48(44)55(49)40-30-35-29-36(32-40)33-41(55)31-35;1-2-10-35(11-3-1)36-18-21-40(22-19-36)53(41-23-24-45-44-14-6-9-17-50(44)54-51(45)32-41)49-16-8-5-12-42(49)37-20-25-48-46(31-37)43-13-4-7-15-47(43)52(48)38-27-33-26-34(29-38)30-39(52)28-33/h3-28,34-36,40-41H,29-33H2,1-2H3;1-25,31-34,38-39H,26-30H2. The lowest BCUT2D eigenvalue weighted by Gasteiger charge is -2.61. The summed E-state index contributed by atoms with van der Waals surface area (Å²) in [6.45, 7) is 4.76. The van der Waals surface area contributed by atoms with Gasteiger partial charge < -0.3 is 14.2 Å². The van der Waals surface area contributed by atoms with E-state index >= 15 is 0 Å². The largest absolute Gasteiger partial charge is 0.456 e. The molecule has 0 aliphatic heterocycles. The van der Waals surface area contributed by atoms with Crippen LogP contribution in [0.2, 0.25) is 0 Å². The summed E-state index contributed by atoms with van der Waals surface area (Å²) >= 11 is 0. The van der Waals surface area contributed by atoms with Crippen molar-refractivity contribution in [2.24, 2.45) is 47.3 Å². The van der Waals surface area contributed by atoms with Crippen LogP contribution >= 0.6 is 0 Å². The monoisotopic (exact) mass is 1420 g/mol. The van der Waals surface area contributed by atoms with Crippen molar-refractivity contribution in [1.82, 2.24) is 0 Å². The maximum Gasteiger partial charge on any atom is 0.137 e. The molecule has 1 aromatic heterocycles. The van der Waals surface area contributed by atoms with E-state index in [1.54, 1.807) is 22.3 Å². The maximum atomic E-state index is 6.46. The van der Waals surface area contributed by atoms with Gasteiger partial charge in [0.25, 0.3) is 0 Å². The van der Waals surface area contributed by atoms with Crippen LogP contribution in [0.1, 0.15) is 111 Å². The van der Waals surface area contributed by atoms with Crippen LogP contribution < -0.4 is 9.80 Å². The summed E-state index contributed by atoms with van der Waals surface area (Å²) in [6, 6.07) is 123. The van der Waals surface area contributed by atoms with Crippen molar-refractivity contribution in [3.63, 3.8) is 0 Å². The molecule has 1 heterocycles. The van der Waals surface area contributed by atoms with E-state index in [0.29, 0.717) is 0 Å². The molecule has 14 aromatic carbocycles. The first-order valence-electron chi connectivity index (χ1n) is 41.0. The van der Waals surface area contributed by atoms with Crippen LogP contribution in [0.25, 0.3) is 99.8 Å². The molecule has 0 atom stereocenters. The van der Waals surface area contributed by atoms with Crippen molar-refractivity contribution in [3.05, 3.63) is 361 Å². The molecule has 8 fully saturated rings. The number of benzene rings is 14. The zero-order valence-corrected chi connectivity index (χ0v) is 62.7. The Balaban J connectivity index is 0.000000132. The summed E-state index contributed by atoms with van der Waals surface area (Å²) < 4.78 is 6.46. The number of hydrogen-bond acceptors (Lipinski definition) is 3. The van der Waals surface area contributed by atoms with E-state index in [9.17, 15) is 0 Å². The number of anilines is 6. The molecule has 26 rings (SSSR count). The Kier molecular flexibility index (Phi) is 14.5. The van der Waals surface area contributed by atoms with Gasteiger partial charge in [0, 0.05) is 66.8 Å². The van der Waals surface area contributed by atoms with Crippen LogP contribution in [0.4, 0.5) is 34.1 Å². The van der Waals surface area contributed by atoms with E-state index in [1.807, 2.05) is 6.07 Å². The number of rotatable bonds is 10. The molecule has 0 amide bonds. The molecule has 110 heavy (non-hydrogen) atoms. The van der Waals surface area contributed by atoms with E-state index in [0.717, 1.165) is 92.0 Å². The van der Waals surface area contributed by atoms with Gasteiger partial charge in [0.05, 0.1) is 17.1 Å². The maximum absolute atomic E-state index is 6.46. The van der Waals surface area contributed by atoms with Crippen molar-refractivity contribution in [1.29, 1.82) is 0 Å². The normalized spacial score (nSPS) is 23.7. The summed E-state index contributed by atoms with van der Waals surface area (Å²) in [5, 5.41) is 2.28. The molecule has 2 spiro atoms. The van der Waals surface area contributed by atoms with Gasteiger partial charge >= 0.3 is 0 Å². The highest BCUT2D eigenvalue weighted by Gasteiger charge is 2.63. The highest BCUT2D eigenvalue weighted by Crippen LogP contribution is 2.72. The first-order chi connectivity index (χ1) is 54.2. The molecule has 11 aliphatic carbocycles. The molecule has 532 valence electrons. The van der Waals surface area contributed by atoms with Crippen molar-refractivity contribution in [2.45, 2.75) is 94.3 Å². The van der Waals surface area contributed by atoms with Gasteiger partial charge in [0.1, 0.15) is 11.2 Å². The molecule has 0 radical (unpaired) electrons. The zero-order chi connectivity index (χ0) is 72.6. The van der Waals surface area contributed by atoms with Gasteiger partial charge in [0.2, 0.25) is 0 Å². The van der Waals surface area contributed by atoms with Gasteiger partial charge in [-0.15, -0.1) is 0 Å². The Morgan fingerprint density at radius 1 is 0.245 bits per heavy atom. The van der Waals surface area contributed by atoms with E-state index in [1.165, 1.54) is 165 Å². The summed E-state index contributed by atoms with van der Waals surface area (Å²) in [7, 11) is 0. The Labute approximate surface area is 646 Å². The second-order valence-corrected chi connectivity index (χ2v) is 34.6. The second kappa shape index (κ2) is 24.7. The highest BCUT2D eigenvalue weighted by molar-refractivity contribution is 6.07. The molecule has 3 nitrogen and oxygen atoms in total. The third-order valence-corrected chi connectivity index (χ3v) is 28.9. The molecular weight excluding hydrogens is 1330 g/mol. The minimum Gasteiger partial charge on any atom is -0.456 e. The number of nitrogens with zero attached hydrogens (tertiary/aromatic N) is 2. The SMILES string of the molecule is CC1(C)c2ccccc2-c2c(N(c3ccc(-c4ccccc4)cc3)c3ccccc3-c3ccc4c(c3)-c3ccccc3C43C4CC5CC(C4)CC3C5)cccc21.c1ccc(-c2ccc(N(c3ccc4c(c3)oc3ccccc34)c3ccccc3-c3ccc4c(c3)-c3ccccc3C43C4CC5CC(C4)CC3C5)cc2)cc1. The van der Waals surface area contributed by atoms with Crippen LogP contribution in [-0.2, 0) is 16.2 Å². The fourth-order valence-corrected chi connectivity index (χ4v) is 25.0. The van der Waals surface area contributed by atoms with Crippen LogP contribution in [0.5, 0.6) is 0 Å². The smallest absolute Gasteiger partial charge is 0.137 e. The van der Waals surface area contributed by atoms with Gasteiger partial charge in [-0.05, 0) is 279 Å². The minimum absolute atomic E-state index is 0.0917. The van der Waals surface area contributed by atoms with Crippen LogP contribution in [0, 0.1) is 47.3 Å². The molecule has 0 N–H and O–H groups in total. The summed E-state index contributed by atoms with van der Waals surface area (Å²) in [5.41, 5.74) is 36.6. The lowest BCUT2D eigenvalue weighted by molar-refractivity contribution is -0.0399. The van der Waals surface area contributed by atoms with Gasteiger partial charge in [-0.1, -0.05) is 263 Å². The average molecular weight is 1420 g/mol. The zero-order valence-electron chi connectivity index (χ0n) is 62.7. The van der Waals surface area contributed by atoms with Crippen molar-refractivity contribution in [2.75, 3.05) is 9.80 Å². The van der Waals surface area contributed by atoms with Crippen LogP contribution in [0.15, 0.2) is 332 Å². The summed E-state index contributed by atoms with van der Waals surface area (Å²) in [4.78, 5) is 4.96. The first-order valence-corrected chi connectivity index (χ1v) is 41.0. The topological polar surface area (TPSA) is 19.6 Å². The van der Waals surface area contributed by atoms with Crippen molar-refractivity contribution in [3.8, 4) is 77.9 Å². The molecular formula is C107H88N2O. The quantitative estimate of drug-likeness (QED) is 0.136. The molecule has 8 saturated carbocycles. The van der Waals surface area contributed by atoms with Crippen LogP contribution in [-0.4, -0.2) is 0 Å². The predicted molar refractivity (Wildman–Crippen MR) is 455 cm³/mol. The molecule has 0 unspecified atom stereocenters. The number of furan rings is 1. The molecule has 0 saturated heterocycles. The third-order valence-electron chi connectivity index (χ3n) is 28.9. The number of hydrogen-bond donors (Lipinski definition) is 0. The summed E-state index contributed by atoms with van der Waals surface area (Å²) in [5.74, 6) is 6.81. The van der Waals surface area contributed by atoms with Gasteiger partial charge in [0.15, 0.2) is 0 Å². The lowest BCUT2D eigenvalue weighted by Crippen LogP contribution is -2.55. The predicted octanol–water partition coefficient (Wildman–Crippen LogP) is 28.6. The van der Waals surface area contributed by atoms with Crippen LogP contribution in [0.3, 0.4) is 0 Å². The van der Waals surface area contributed by atoms with E-state index in [-0.39, 0.29) is 16.2 Å². The summed E-state index contributed by atoms with van der Waals surface area (Å²) in [6.07, 6.45) is 14.2. The van der Waals surface area contributed by atoms with E-state index in [2.05, 4.69) is 345 Å². The Morgan fingerprint density at radius 3 is 1.15 bits per heavy atom. The second-order valence-electron chi connectivity index (χ2n) is 34.6. The lowest BCUT2D eigenvalue weighted by atomic mass is 9.43. The van der Waals surface area contributed by atoms with E-state index in [4.69, 9.17) is 4.42 Å². The number of para-hydroxylation sites is 3. The van der Waals surface area contributed by atoms with Crippen molar-refractivity contribution >= 4 is 56.1 Å². The Morgan fingerprint density at radius 2 is 0.618 bits per heavy atom. The molecule has 3 heteroatoms. The molecule has 8 bridgehead atoms. The highest BCUT2D eigenvalue weighted by atomic mass is 16.3. The molecule has 11 aliphatic rings. The average Bonchev–Trinajstić information content (AvgIpc) is 1.49. The minimum atomic E-state index is -0.0917. The first kappa shape index (κ1) is 64.5. The fourth-order valence-electron chi connectivity index (χ4n) is 25.0. The molecule has 15 aromatic rings. The van der Waals surface area contributed by atoms with Gasteiger partial charge in [-0.25, -0.2) is 0 Å². The van der Waals surface area contributed by atoms with Gasteiger partial charge in [-0.3, -0.25) is 0 Å². The Hall–Kier alpha value is -11.5. The van der Waals surface area contributed by atoms with Gasteiger partial charge in [-0.2, -0.15) is 0 Å². The van der Waals surface area contributed by atoms with E-state index < -0.39 is 0 Å². The Bertz CT molecular complexity index is 6120. The third kappa shape index (κ3) is 9.55.